The highest BCUT2D eigenvalue weighted by Crippen LogP contribution is 2.31. The van der Waals surface area contributed by atoms with E-state index in [-0.39, 0.29) is 11.8 Å². The first kappa shape index (κ1) is 17.4. The molecule has 2 aromatic carbocycles. The van der Waals surface area contributed by atoms with E-state index in [0.717, 1.165) is 17.0 Å². The predicted octanol–water partition coefficient (Wildman–Crippen LogP) is 3.80. The van der Waals surface area contributed by atoms with Gasteiger partial charge in [0.25, 0.3) is 5.91 Å². The topological polar surface area (TPSA) is 58.6 Å². The monoisotopic (exact) mass is 356 g/mol. The first-order valence-electron chi connectivity index (χ1n) is 8.07. The number of carbonyl (C=O) groups is 2. The number of carbonyl (C=O) groups excluding carboxylic acids is 2. The number of ether oxygens (including phenoxy) is 1. The number of hydrogen-bond acceptors (Lipinski definition) is 4. The third-order valence-electron chi connectivity index (χ3n) is 4.17. The number of rotatable bonds is 5. The Bertz CT molecular complexity index is 807. The van der Waals surface area contributed by atoms with Crippen molar-refractivity contribution < 1.29 is 14.3 Å². The summed E-state index contributed by atoms with van der Waals surface area (Å²) < 4.78 is 5.36. The first-order chi connectivity index (χ1) is 12.1. The lowest BCUT2D eigenvalue weighted by molar-refractivity contribution is -0.117. The van der Waals surface area contributed by atoms with Crippen LogP contribution in [0.4, 0.5) is 11.4 Å². The molecule has 0 radical (unpaired) electrons. The summed E-state index contributed by atoms with van der Waals surface area (Å²) in [5.41, 5.74) is 1.82. The van der Waals surface area contributed by atoms with E-state index in [1.807, 2.05) is 42.7 Å². The van der Waals surface area contributed by atoms with Crippen LogP contribution in [0, 0.1) is 0 Å². The third kappa shape index (κ3) is 3.64. The van der Waals surface area contributed by atoms with Gasteiger partial charge in [0.2, 0.25) is 5.91 Å². The molecule has 25 heavy (non-hydrogen) atoms. The molecule has 1 saturated heterocycles. The standard InChI is InChI=1S/C19H20N2O3S/c1-24-17-12-13(25-2)9-10-14(17)19(23)20-15-6-3-4-7-16(15)21-11-5-8-18(21)22/h3-4,6-7,9-10,12H,5,8,11H2,1-2H3,(H,20,23). The number of amides is 2. The fourth-order valence-electron chi connectivity index (χ4n) is 2.89. The molecule has 0 unspecified atom stereocenters. The molecule has 2 aromatic rings. The van der Waals surface area contributed by atoms with Crippen LogP contribution in [0.15, 0.2) is 47.4 Å². The molecule has 6 heteroatoms. The number of nitrogens with one attached hydrogen (secondary N) is 1. The summed E-state index contributed by atoms with van der Waals surface area (Å²) in [6, 6.07) is 12.9. The number of para-hydroxylation sites is 2. The smallest absolute Gasteiger partial charge is 0.259 e. The van der Waals surface area contributed by atoms with Crippen molar-refractivity contribution >= 4 is 35.0 Å². The Labute approximate surface area is 151 Å². The fraction of sp³-hybridized carbons (Fsp3) is 0.263. The molecule has 5 nitrogen and oxygen atoms in total. The van der Waals surface area contributed by atoms with Crippen LogP contribution < -0.4 is 15.0 Å². The van der Waals surface area contributed by atoms with Gasteiger partial charge in [-0.3, -0.25) is 9.59 Å². The highest BCUT2D eigenvalue weighted by Gasteiger charge is 2.24. The number of nitrogens with zero attached hydrogens (tertiary/aromatic N) is 1. The van der Waals surface area contributed by atoms with E-state index in [1.54, 1.807) is 29.8 Å². The molecule has 3 rings (SSSR count). The van der Waals surface area contributed by atoms with Gasteiger partial charge in [-0.05, 0) is 43.0 Å². The van der Waals surface area contributed by atoms with Crippen LogP contribution >= 0.6 is 11.8 Å². The van der Waals surface area contributed by atoms with Crippen LogP contribution in [0.2, 0.25) is 0 Å². The van der Waals surface area contributed by atoms with E-state index in [9.17, 15) is 9.59 Å². The molecule has 130 valence electrons. The highest BCUT2D eigenvalue weighted by atomic mass is 32.2. The van der Waals surface area contributed by atoms with Gasteiger partial charge in [-0.1, -0.05) is 12.1 Å². The maximum Gasteiger partial charge on any atom is 0.259 e. The minimum absolute atomic E-state index is 0.0867. The average molecular weight is 356 g/mol. The minimum atomic E-state index is -0.261. The van der Waals surface area contributed by atoms with Gasteiger partial charge in [0.15, 0.2) is 0 Å². The molecular weight excluding hydrogens is 336 g/mol. The molecule has 0 atom stereocenters. The van der Waals surface area contributed by atoms with Gasteiger partial charge >= 0.3 is 0 Å². The fourth-order valence-corrected chi connectivity index (χ4v) is 3.32. The van der Waals surface area contributed by atoms with Gasteiger partial charge < -0.3 is 15.0 Å². The molecule has 1 fully saturated rings. The summed E-state index contributed by atoms with van der Waals surface area (Å²) in [6.07, 6.45) is 3.36. The van der Waals surface area contributed by atoms with E-state index in [4.69, 9.17) is 4.74 Å². The van der Waals surface area contributed by atoms with Gasteiger partial charge in [0.1, 0.15) is 5.75 Å². The maximum atomic E-state index is 12.7. The van der Waals surface area contributed by atoms with Crippen LogP contribution in [0.25, 0.3) is 0 Å². The van der Waals surface area contributed by atoms with Crippen molar-refractivity contribution in [2.75, 3.05) is 30.1 Å². The van der Waals surface area contributed by atoms with Crippen LogP contribution in [-0.2, 0) is 4.79 Å². The Balaban J connectivity index is 1.88. The van der Waals surface area contributed by atoms with Crippen molar-refractivity contribution in [1.82, 2.24) is 0 Å². The summed E-state index contributed by atoms with van der Waals surface area (Å²) in [7, 11) is 1.55. The van der Waals surface area contributed by atoms with E-state index < -0.39 is 0 Å². The van der Waals surface area contributed by atoms with E-state index in [0.29, 0.717) is 30.0 Å². The van der Waals surface area contributed by atoms with E-state index in [2.05, 4.69) is 5.32 Å². The lowest BCUT2D eigenvalue weighted by Crippen LogP contribution is -2.25. The van der Waals surface area contributed by atoms with Crippen LogP contribution in [0.3, 0.4) is 0 Å². The van der Waals surface area contributed by atoms with Crippen molar-refractivity contribution in [3.05, 3.63) is 48.0 Å². The average Bonchev–Trinajstić information content (AvgIpc) is 3.07. The summed E-state index contributed by atoms with van der Waals surface area (Å²) >= 11 is 1.59. The van der Waals surface area contributed by atoms with Crippen molar-refractivity contribution in [2.45, 2.75) is 17.7 Å². The second-order valence-electron chi connectivity index (χ2n) is 5.69. The number of anilines is 2. The molecule has 0 aliphatic carbocycles. The largest absolute Gasteiger partial charge is 0.496 e. The maximum absolute atomic E-state index is 12.7. The molecule has 0 spiro atoms. The van der Waals surface area contributed by atoms with E-state index >= 15 is 0 Å². The molecule has 1 N–H and O–H groups in total. The van der Waals surface area contributed by atoms with Crippen molar-refractivity contribution in [3.63, 3.8) is 0 Å². The van der Waals surface area contributed by atoms with Crippen LogP contribution in [0.5, 0.6) is 5.75 Å². The van der Waals surface area contributed by atoms with Crippen molar-refractivity contribution in [3.8, 4) is 5.75 Å². The number of methoxy groups -OCH3 is 1. The minimum Gasteiger partial charge on any atom is -0.496 e. The van der Waals surface area contributed by atoms with Gasteiger partial charge in [-0.25, -0.2) is 0 Å². The van der Waals surface area contributed by atoms with Crippen LogP contribution in [-0.4, -0.2) is 31.7 Å². The van der Waals surface area contributed by atoms with Gasteiger partial charge in [-0.15, -0.1) is 11.8 Å². The highest BCUT2D eigenvalue weighted by molar-refractivity contribution is 7.98. The molecule has 1 aliphatic rings. The first-order valence-corrected chi connectivity index (χ1v) is 9.29. The molecule has 0 aromatic heterocycles. The predicted molar refractivity (Wildman–Crippen MR) is 101 cm³/mol. The molecular formula is C19H20N2O3S. The Morgan fingerprint density at radius 2 is 2.04 bits per heavy atom. The summed E-state index contributed by atoms with van der Waals surface area (Å²) in [5.74, 6) is 0.353. The second-order valence-corrected chi connectivity index (χ2v) is 6.57. The summed E-state index contributed by atoms with van der Waals surface area (Å²) in [6.45, 7) is 0.678. The van der Waals surface area contributed by atoms with Gasteiger partial charge in [0.05, 0.1) is 24.0 Å². The number of hydrogen-bond donors (Lipinski definition) is 1. The zero-order valence-corrected chi connectivity index (χ0v) is 15.1. The van der Waals surface area contributed by atoms with Gasteiger partial charge in [0, 0.05) is 17.9 Å². The Morgan fingerprint density at radius 3 is 2.72 bits per heavy atom. The number of thioether (sulfide) groups is 1. The lowest BCUT2D eigenvalue weighted by Gasteiger charge is -2.20. The summed E-state index contributed by atoms with van der Waals surface area (Å²) in [5, 5.41) is 2.92. The van der Waals surface area contributed by atoms with Crippen LogP contribution in [0.1, 0.15) is 23.2 Å². The molecule has 0 bridgehead atoms. The van der Waals surface area contributed by atoms with Crippen molar-refractivity contribution in [2.24, 2.45) is 0 Å². The van der Waals surface area contributed by atoms with Gasteiger partial charge in [-0.2, -0.15) is 0 Å². The Morgan fingerprint density at radius 1 is 1.24 bits per heavy atom. The van der Waals surface area contributed by atoms with Crippen molar-refractivity contribution in [1.29, 1.82) is 0 Å². The molecule has 0 saturated carbocycles. The zero-order chi connectivity index (χ0) is 17.8. The quantitative estimate of drug-likeness (QED) is 0.828. The second kappa shape index (κ2) is 7.61. The molecule has 1 aliphatic heterocycles. The number of benzene rings is 2. The summed E-state index contributed by atoms with van der Waals surface area (Å²) in [4.78, 5) is 27.5. The Hall–Kier alpha value is -2.47. The zero-order valence-electron chi connectivity index (χ0n) is 14.2. The normalized spacial score (nSPS) is 13.8. The Kier molecular flexibility index (Phi) is 5.28. The molecule has 2 amide bonds. The SMILES string of the molecule is COc1cc(SC)ccc1C(=O)Nc1ccccc1N1CCCC1=O. The lowest BCUT2D eigenvalue weighted by atomic mass is 10.1. The molecule has 1 heterocycles. The van der Waals surface area contributed by atoms with E-state index in [1.165, 1.54) is 0 Å². The third-order valence-corrected chi connectivity index (χ3v) is 4.90.